The molecule has 3 rings (SSSR count). The number of nitrogens with zero attached hydrogens (tertiary/aromatic N) is 2. The Balaban J connectivity index is 1.93. The molecule has 0 saturated heterocycles. The minimum Gasteiger partial charge on any atom is -0.396 e. The van der Waals surface area contributed by atoms with Crippen LogP contribution in [0.4, 0.5) is 4.39 Å². The average Bonchev–Trinajstić information content (AvgIpc) is 2.71. The summed E-state index contributed by atoms with van der Waals surface area (Å²) in [6, 6.07) is 13.5. The summed E-state index contributed by atoms with van der Waals surface area (Å²) in [4.78, 5) is 30.1. The van der Waals surface area contributed by atoms with E-state index in [0.29, 0.717) is 23.4 Å². The van der Waals surface area contributed by atoms with Gasteiger partial charge < -0.3 is 10.4 Å². The van der Waals surface area contributed by atoms with Gasteiger partial charge in [0.25, 0.3) is 5.56 Å². The number of aryl methyl sites for hydroxylation is 2. The van der Waals surface area contributed by atoms with Crippen LogP contribution in [-0.2, 0) is 24.3 Å². The van der Waals surface area contributed by atoms with Crippen molar-refractivity contribution in [3.8, 4) is 11.4 Å². The second kappa shape index (κ2) is 9.45. The minimum absolute atomic E-state index is 0.131. The zero-order valence-corrected chi connectivity index (χ0v) is 17.0. The lowest BCUT2D eigenvalue weighted by Gasteiger charge is -2.16. The summed E-state index contributed by atoms with van der Waals surface area (Å²) in [5.41, 5.74) is 2.81. The summed E-state index contributed by atoms with van der Waals surface area (Å²) in [6.07, 6.45) is 0.131. The van der Waals surface area contributed by atoms with Gasteiger partial charge in [-0.3, -0.25) is 14.2 Å². The fourth-order valence-electron chi connectivity index (χ4n) is 3.32. The highest BCUT2D eigenvalue weighted by Gasteiger charge is 2.18. The lowest BCUT2D eigenvalue weighted by molar-refractivity contribution is -0.121. The van der Waals surface area contributed by atoms with Gasteiger partial charge >= 0.3 is 0 Å². The highest BCUT2D eigenvalue weighted by molar-refractivity contribution is 5.76. The molecule has 7 heteroatoms. The standard InChI is InChI=1S/C23H24FN3O3/c1-15-5-3-6-17(11-15)13-25-21(29)14-27-22(18-7-4-8-19(24)12-18)26-16(2)20(9-10-28)23(27)30/h3-8,11-12,28H,9-10,13-14H2,1-2H3,(H,25,29). The van der Waals surface area contributed by atoms with Gasteiger partial charge in [-0.15, -0.1) is 0 Å². The molecule has 0 bridgehead atoms. The average molecular weight is 409 g/mol. The number of halogens is 1. The normalized spacial score (nSPS) is 10.8. The van der Waals surface area contributed by atoms with E-state index in [1.54, 1.807) is 13.0 Å². The molecule has 0 saturated carbocycles. The van der Waals surface area contributed by atoms with Crippen LogP contribution in [0.5, 0.6) is 0 Å². The van der Waals surface area contributed by atoms with Crippen molar-refractivity contribution in [1.29, 1.82) is 0 Å². The first-order chi connectivity index (χ1) is 14.4. The zero-order valence-electron chi connectivity index (χ0n) is 17.0. The fourth-order valence-corrected chi connectivity index (χ4v) is 3.32. The summed E-state index contributed by atoms with van der Waals surface area (Å²) in [6.45, 7) is 3.49. The molecule has 0 aliphatic rings. The molecule has 0 spiro atoms. The van der Waals surface area contributed by atoms with Crippen molar-refractivity contribution in [3.63, 3.8) is 0 Å². The van der Waals surface area contributed by atoms with Gasteiger partial charge in [0.1, 0.15) is 18.2 Å². The minimum atomic E-state index is -0.464. The number of hydrogen-bond donors (Lipinski definition) is 2. The lowest BCUT2D eigenvalue weighted by atomic mass is 10.1. The molecule has 156 valence electrons. The highest BCUT2D eigenvalue weighted by Crippen LogP contribution is 2.18. The van der Waals surface area contributed by atoms with E-state index >= 15 is 0 Å². The lowest BCUT2D eigenvalue weighted by Crippen LogP contribution is -2.35. The van der Waals surface area contributed by atoms with Crippen molar-refractivity contribution < 1.29 is 14.3 Å². The van der Waals surface area contributed by atoms with Crippen LogP contribution in [0.15, 0.2) is 53.3 Å². The smallest absolute Gasteiger partial charge is 0.257 e. The van der Waals surface area contributed by atoms with Gasteiger partial charge in [0.2, 0.25) is 5.91 Å². The van der Waals surface area contributed by atoms with E-state index in [2.05, 4.69) is 10.3 Å². The van der Waals surface area contributed by atoms with E-state index in [9.17, 15) is 19.1 Å². The summed E-state index contributed by atoms with van der Waals surface area (Å²) in [5, 5.41) is 12.1. The summed E-state index contributed by atoms with van der Waals surface area (Å²) < 4.78 is 15.0. The first-order valence-electron chi connectivity index (χ1n) is 9.68. The number of rotatable bonds is 7. The summed E-state index contributed by atoms with van der Waals surface area (Å²) in [7, 11) is 0. The third kappa shape index (κ3) is 4.99. The largest absolute Gasteiger partial charge is 0.396 e. The quantitative estimate of drug-likeness (QED) is 0.628. The summed E-state index contributed by atoms with van der Waals surface area (Å²) >= 11 is 0. The van der Waals surface area contributed by atoms with Gasteiger partial charge in [-0.25, -0.2) is 9.37 Å². The van der Waals surface area contributed by atoms with Crippen LogP contribution in [-0.4, -0.2) is 27.2 Å². The number of benzene rings is 2. The van der Waals surface area contributed by atoms with Gasteiger partial charge in [-0.05, 0) is 31.5 Å². The van der Waals surface area contributed by atoms with E-state index in [1.807, 2.05) is 31.2 Å². The number of aliphatic hydroxyl groups excluding tert-OH is 1. The molecule has 0 aliphatic carbocycles. The molecule has 0 radical (unpaired) electrons. The van der Waals surface area contributed by atoms with Crippen LogP contribution in [0.2, 0.25) is 0 Å². The molecule has 3 aromatic rings. The van der Waals surface area contributed by atoms with Crippen molar-refractivity contribution in [3.05, 3.63) is 87.1 Å². The van der Waals surface area contributed by atoms with Crippen molar-refractivity contribution >= 4 is 5.91 Å². The van der Waals surface area contributed by atoms with Crippen molar-refractivity contribution in [2.24, 2.45) is 0 Å². The Morgan fingerprint density at radius 3 is 2.63 bits per heavy atom. The predicted octanol–water partition coefficient (Wildman–Crippen LogP) is 2.52. The Hall–Kier alpha value is -3.32. The maximum Gasteiger partial charge on any atom is 0.257 e. The molecule has 1 aromatic heterocycles. The van der Waals surface area contributed by atoms with Crippen molar-refractivity contribution in [2.45, 2.75) is 33.4 Å². The number of hydrogen-bond acceptors (Lipinski definition) is 4. The summed E-state index contributed by atoms with van der Waals surface area (Å²) in [5.74, 6) is -0.615. The van der Waals surface area contributed by atoms with Crippen LogP contribution >= 0.6 is 0 Å². The van der Waals surface area contributed by atoms with Crippen molar-refractivity contribution in [2.75, 3.05) is 6.61 Å². The van der Waals surface area contributed by atoms with E-state index in [4.69, 9.17) is 0 Å². The van der Waals surface area contributed by atoms with Crippen LogP contribution in [0.25, 0.3) is 11.4 Å². The molecule has 0 fully saturated rings. The Bertz CT molecular complexity index is 1120. The van der Waals surface area contributed by atoms with Crippen LogP contribution in [0.1, 0.15) is 22.4 Å². The van der Waals surface area contributed by atoms with E-state index in [0.717, 1.165) is 11.1 Å². The van der Waals surface area contributed by atoms with Gasteiger partial charge in [-0.1, -0.05) is 42.0 Å². The molecular formula is C23H24FN3O3. The number of amides is 1. The van der Waals surface area contributed by atoms with Gasteiger partial charge in [0.15, 0.2) is 0 Å². The second-order valence-electron chi connectivity index (χ2n) is 7.14. The number of aliphatic hydroxyl groups is 1. The molecular weight excluding hydrogens is 385 g/mol. The molecule has 2 N–H and O–H groups in total. The molecule has 0 unspecified atom stereocenters. The first-order valence-corrected chi connectivity index (χ1v) is 9.68. The molecule has 30 heavy (non-hydrogen) atoms. The maximum absolute atomic E-state index is 13.8. The Morgan fingerprint density at radius 1 is 1.17 bits per heavy atom. The Kier molecular flexibility index (Phi) is 6.74. The Morgan fingerprint density at radius 2 is 1.93 bits per heavy atom. The van der Waals surface area contributed by atoms with E-state index < -0.39 is 11.4 Å². The van der Waals surface area contributed by atoms with Gasteiger partial charge in [-0.2, -0.15) is 0 Å². The van der Waals surface area contributed by atoms with Crippen LogP contribution in [0.3, 0.4) is 0 Å². The third-order valence-corrected chi connectivity index (χ3v) is 4.79. The Labute approximate surface area is 174 Å². The maximum atomic E-state index is 13.8. The van der Waals surface area contributed by atoms with Crippen LogP contribution < -0.4 is 10.9 Å². The zero-order chi connectivity index (χ0) is 21.7. The predicted molar refractivity (Wildman–Crippen MR) is 112 cm³/mol. The van der Waals surface area contributed by atoms with Gasteiger partial charge in [0.05, 0.1) is 0 Å². The SMILES string of the molecule is Cc1cccc(CNC(=O)Cn2c(-c3cccc(F)c3)nc(C)c(CCO)c2=O)c1. The molecule has 1 heterocycles. The molecule has 1 amide bonds. The third-order valence-electron chi connectivity index (χ3n) is 4.79. The number of nitrogens with one attached hydrogen (secondary N) is 1. The first kappa shape index (κ1) is 21.4. The number of carbonyl (C=O) groups is 1. The highest BCUT2D eigenvalue weighted by atomic mass is 19.1. The second-order valence-corrected chi connectivity index (χ2v) is 7.14. The molecule has 6 nitrogen and oxygen atoms in total. The number of aromatic nitrogens is 2. The molecule has 0 atom stereocenters. The van der Waals surface area contributed by atoms with Crippen LogP contribution in [0, 0.1) is 19.7 Å². The molecule has 2 aromatic carbocycles. The van der Waals surface area contributed by atoms with E-state index in [1.165, 1.54) is 22.8 Å². The van der Waals surface area contributed by atoms with Gasteiger partial charge in [0, 0.05) is 36.4 Å². The molecule has 0 aliphatic heterocycles. The number of carbonyl (C=O) groups excluding carboxylic acids is 1. The van der Waals surface area contributed by atoms with E-state index in [-0.39, 0.29) is 31.3 Å². The fraction of sp³-hybridized carbons (Fsp3) is 0.261. The topological polar surface area (TPSA) is 84.2 Å². The monoisotopic (exact) mass is 409 g/mol. The van der Waals surface area contributed by atoms with Crippen molar-refractivity contribution in [1.82, 2.24) is 14.9 Å².